The molecule has 2 aromatic carbocycles. The Morgan fingerprint density at radius 2 is 1.86 bits per heavy atom. The summed E-state index contributed by atoms with van der Waals surface area (Å²) in [4.78, 5) is 0.251. The summed E-state index contributed by atoms with van der Waals surface area (Å²) in [6.45, 7) is 1.72. The van der Waals surface area contributed by atoms with Crippen molar-refractivity contribution < 1.29 is 22.6 Å². The van der Waals surface area contributed by atoms with E-state index in [0.29, 0.717) is 41.5 Å². The number of methoxy groups -OCH3 is 1. The Morgan fingerprint density at radius 1 is 1.07 bits per heavy atom. The Morgan fingerprint density at radius 3 is 2.61 bits per heavy atom. The zero-order valence-corrected chi connectivity index (χ0v) is 18.0. The van der Waals surface area contributed by atoms with Crippen molar-refractivity contribution in [2.45, 2.75) is 30.2 Å². The molecule has 0 radical (unpaired) electrons. The van der Waals surface area contributed by atoms with E-state index in [9.17, 15) is 8.42 Å². The number of hydrogen-bond acceptors (Lipinski definition) is 5. The summed E-state index contributed by atoms with van der Waals surface area (Å²) in [5.41, 5.74) is 0.929. The van der Waals surface area contributed by atoms with Gasteiger partial charge < -0.3 is 14.2 Å². The van der Waals surface area contributed by atoms with Crippen molar-refractivity contribution in [1.29, 1.82) is 0 Å². The normalized spacial score (nSPS) is 20.0. The quantitative estimate of drug-likeness (QED) is 0.675. The lowest BCUT2D eigenvalue weighted by molar-refractivity contribution is 0.296. The van der Waals surface area contributed by atoms with Crippen molar-refractivity contribution >= 4 is 26.0 Å². The van der Waals surface area contributed by atoms with Crippen LogP contribution in [0.15, 0.2) is 45.8 Å². The lowest BCUT2D eigenvalue weighted by Gasteiger charge is -2.25. The molecule has 4 rings (SSSR count). The van der Waals surface area contributed by atoms with E-state index >= 15 is 0 Å². The molecule has 2 aromatic rings. The van der Waals surface area contributed by atoms with Crippen molar-refractivity contribution in [3.05, 3.63) is 46.4 Å². The highest BCUT2D eigenvalue weighted by atomic mass is 79.9. The van der Waals surface area contributed by atoms with E-state index in [0.717, 1.165) is 24.8 Å². The first kappa shape index (κ1) is 19.5. The number of hydrogen-bond donors (Lipinski definition) is 0. The molecule has 0 bridgehead atoms. The minimum Gasteiger partial charge on any atom is -0.496 e. The van der Waals surface area contributed by atoms with Gasteiger partial charge in [-0.1, -0.05) is 6.07 Å². The Bertz CT molecular complexity index is 979. The van der Waals surface area contributed by atoms with Crippen LogP contribution in [0.3, 0.4) is 0 Å². The zero-order valence-electron chi connectivity index (χ0n) is 15.6. The fourth-order valence-electron chi connectivity index (χ4n) is 3.69. The minimum atomic E-state index is -3.64. The van der Waals surface area contributed by atoms with E-state index in [1.807, 2.05) is 18.2 Å². The number of fused-ring (bicyclic) bond motifs is 1. The Kier molecular flexibility index (Phi) is 5.53. The fraction of sp³-hybridized carbons (Fsp3) is 0.400. The van der Waals surface area contributed by atoms with E-state index in [1.54, 1.807) is 29.6 Å². The maximum Gasteiger partial charge on any atom is 0.243 e. The summed E-state index contributed by atoms with van der Waals surface area (Å²) in [6.07, 6.45) is 2.42. The number of halogens is 1. The first-order valence-electron chi connectivity index (χ1n) is 9.25. The molecule has 0 N–H and O–H groups in total. The molecular formula is C20H22BrNO5S. The van der Waals surface area contributed by atoms with E-state index in [2.05, 4.69) is 15.9 Å². The maximum absolute atomic E-state index is 13.3. The lowest BCUT2D eigenvalue weighted by Crippen LogP contribution is -2.30. The van der Waals surface area contributed by atoms with Gasteiger partial charge in [-0.2, -0.15) is 4.31 Å². The van der Waals surface area contributed by atoms with Crippen molar-refractivity contribution in [2.75, 3.05) is 26.9 Å². The third kappa shape index (κ3) is 3.60. The van der Waals surface area contributed by atoms with Crippen LogP contribution in [0.25, 0.3) is 0 Å². The average molecular weight is 468 g/mol. The van der Waals surface area contributed by atoms with Gasteiger partial charge in [-0.3, -0.25) is 0 Å². The van der Waals surface area contributed by atoms with Gasteiger partial charge in [-0.25, -0.2) is 8.42 Å². The maximum atomic E-state index is 13.3. The third-order valence-corrected chi connectivity index (χ3v) is 7.61. The van der Waals surface area contributed by atoms with Crippen LogP contribution in [0.5, 0.6) is 17.2 Å². The molecule has 8 heteroatoms. The van der Waals surface area contributed by atoms with Crippen molar-refractivity contribution in [2.24, 2.45) is 0 Å². The van der Waals surface area contributed by atoms with E-state index in [1.165, 1.54) is 0 Å². The van der Waals surface area contributed by atoms with Gasteiger partial charge in [-0.05, 0) is 64.7 Å². The van der Waals surface area contributed by atoms with E-state index in [-0.39, 0.29) is 10.9 Å². The first-order chi connectivity index (χ1) is 13.5. The summed E-state index contributed by atoms with van der Waals surface area (Å²) in [7, 11) is -2.09. The minimum absolute atomic E-state index is 0.219. The lowest BCUT2D eigenvalue weighted by atomic mass is 10.0. The summed E-state index contributed by atoms with van der Waals surface area (Å²) in [6, 6.07) is 10.4. The summed E-state index contributed by atoms with van der Waals surface area (Å²) >= 11 is 3.38. The van der Waals surface area contributed by atoms with Crippen LogP contribution in [0.4, 0.5) is 0 Å². The second-order valence-corrected chi connectivity index (χ2v) is 9.57. The van der Waals surface area contributed by atoms with Gasteiger partial charge in [0, 0.05) is 13.0 Å². The van der Waals surface area contributed by atoms with E-state index in [4.69, 9.17) is 14.2 Å². The average Bonchev–Trinajstić information content (AvgIpc) is 3.08. The molecule has 2 aliphatic rings. The smallest absolute Gasteiger partial charge is 0.243 e. The SMILES string of the molecule is COc1ccc(S(=O)(=O)N2CCC[C@@H]2c2ccc3c(c2)OCCCO3)cc1Br. The molecule has 28 heavy (non-hydrogen) atoms. The topological polar surface area (TPSA) is 65.1 Å². The predicted molar refractivity (Wildman–Crippen MR) is 109 cm³/mol. The first-order valence-corrected chi connectivity index (χ1v) is 11.5. The standard InChI is InChI=1S/C20H22BrNO5S/c1-25-18-8-6-15(13-16(18)21)28(23,24)22-9-2-4-17(22)14-5-7-19-20(12-14)27-11-3-10-26-19/h5-8,12-13,17H,2-4,9-11H2,1H3/t17-/m1/s1. The highest BCUT2D eigenvalue weighted by Crippen LogP contribution is 2.41. The van der Waals surface area contributed by atoms with Crippen LogP contribution in [-0.4, -0.2) is 39.6 Å². The summed E-state index contributed by atoms with van der Waals surface area (Å²) in [5.74, 6) is 2.00. The van der Waals surface area contributed by atoms with Crippen LogP contribution in [0, 0.1) is 0 Å². The molecule has 1 atom stereocenters. The molecule has 150 valence electrons. The second-order valence-electron chi connectivity index (χ2n) is 6.83. The monoisotopic (exact) mass is 467 g/mol. The van der Waals surface area contributed by atoms with Crippen LogP contribution in [-0.2, 0) is 10.0 Å². The molecule has 0 aliphatic carbocycles. The zero-order chi connectivity index (χ0) is 19.7. The van der Waals surface area contributed by atoms with Crippen LogP contribution < -0.4 is 14.2 Å². The van der Waals surface area contributed by atoms with Gasteiger partial charge in [0.2, 0.25) is 10.0 Å². The number of benzene rings is 2. The molecule has 0 amide bonds. The molecule has 0 saturated carbocycles. The van der Waals surface area contributed by atoms with E-state index < -0.39 is 10.0 Å². The van der Waals surface area contributed by atoms with Gasteiger partial charge in [0.25, 0.3) is 0 Å². The molecule has 0 unspecified atom stereocenters. The second kappa shape index (κ2) is 7.93. The van der Waals surface area contributed by atoms with Crippen LogP contribution in [0.2, 0.25) is 0 Å². The molecule has 6 nitrogen and oxygen atoms in total. The number of ether oxygens (including phenoxy) is 3. The highest BCUT2D eigenvalue weighted by molar-refractivity contribution is 9.10. The largest absolute Gasteiger partial charge is 0.496 e. The van der Waals surface area contributed by atoms with Gasteiger partial charge in [0.05, 0.1) is 35.7 Å². The van der Waals surface area contributed by atoms with Gasteiger partial charge >= 0.3 is 0 Å². The van der Waals surface area contributed by atoms with Crippen LogP contribution in [0.1, 0.15) is 30.9 Å². The predicted octanol–water partition coefficient (Wildman–Crippen LogP) is 4.14. The van der Waals surface area contributed by atoms with Crippen molar-refractivity contribution in [3.8, 4) is 17.2 Å². The Hall–Kier alpha value is -1.77. The van der Waals surface area contributed by atoms with Crippen molar-refractivity contribution in [3.63, 3.8) is 0 Å². The van der Waals surface area contributed by atoms with Gasteiger partial charge in [0.1, 0.15) is 5.75 Å². The fourth-order valence-corrected chi connectivity index (χ4v) is 6.09. The number of rotatable bonds is 4. The van der Waals surface area contributed by atoms with Gasteiger partial charge in [0.15, 0.2) is 11.5 Å². The number of nitrogens with zero attached hydrogens (tertiary/aromatic N) is 1. The molecule has 0 spiro atoms. The molecule has 1 fully saturated rings. The molecular weight excluding hydrogens is 446 g/mol. The van der Waals surface area contributed by atoms with Crippen molar-refractivity contribution in [1.82, 2.24) is 4.31 Å². The summed E-state index contributed by atoms with van der Waals surface area (Å²) < 4.78 is 45.5. The van der Waals surface area contributed by atoms with Crippen LogP contribution >= 0.6 is 15.9 Å². The molecule has 0 aromatic heterocycles. The third-order valence-electron chi connectivity index (χ3n) is 5.09. The summed E-state index contributed by atoms with van der Waals surface area (Å²) in [5, 5.41) is 0. The highest BCUT2D eigenvalue weighted by Gasteiger charge is 2.37. The molecule has 2 aliphatic heterocycles. The Labute approximate surface area is 173 Å². The molecule has 1 saturated heterocycles. The Balaban J connectivity index is 1.66. The molecule has 2 heterocycles. The van der Waals surface area contributed by atoms with Gasteiger partial charge in [-0.15, -0.1) is 0 Å². The number of sulfonamides is 1.